The number of H-pyrrole nitrogens is 1. The number of nitrogens with zero attached hydrogens (tertiary/aromatic N) is 5. The first-order chi connectivity index (χ1) is 15.6. The maximum Gasteiger partial charge on any atom is 0.227 e. The van der Waals surface area contributed by atoms with Crippen LogP contribution in [0.5, 0.6) is 5.75 Å². The first kappa shape index (κ1) is 20.0. The van der Waals surface area contributed by atoms with Crippen LogP contribution in [0.15, 0.2) is 42.9 Å². The first-order valence-corrected chi connectivity index (χ1v) is 10.6. The van der Waals surface area contributed by atoms with Crippen LogP contribution >= 0.6 is 0 Å². The van der Waals surface area contributed by atoms with Gasteiger partial charge in [0.2, 0.25) is 5.91 Å². The van der Waals surface area contributed by atoms with E-state index in [1.165, 1.54) is 0 Å². The molecule has 0 radical (unpaired) electrons. The summed E-state index contributed by atoms with van der Waals surface area (Å²) in [4.78, 5) is 26.2. The molecule has 0 aliphatic heterocycles. The van der Waals surface area contributed by atoms with E-state index in [-0.39, 0.29) is 17.9 Å². The Morgan fingerprint density at radius 1 is 1.22 bits per heavy atom. The number of carbonyl (C=O) groups excluding carboxylic acids is 1. The Morgan fingerprint density at radius 2 is 2.06 bits per heavy atom. The molecular weight excluding hydrogens is 408 g/mol. The third-order valence-electron chi connectivity index (χ3n) is 5.98. The Bertz CT molecular complexity index is 1240. The Kier molecular flexibility index (Phi) is 5.18. The standard InChI is InChI=1S/C22H24N8O2/c1-32-16-4-2-3-14(11-16)26-22(31)13-5-7-15(8-6-13)30-12-24-18-19(23)27-20(28-21(18)30)17-9-10-25-29-17/h2-4,9-13,15H,5-8H2,1H3,(H,25,29)(H,26,31)(H2,23,27,28). The summed E-state index contributed by atoms with van der Waals surface area (Å²) >= 11 is 0. The van der Waals surface area contributed by atoms with Crippen LogP contribution in [0, 0.1) is 5.92 Å². The number of aromatic amines is 1. The second-order valence-electron chi connectivity index (χ2n) is 7.94. The van der Waals surface area contributed by atoms with E-state index in [0.29, 0.717) is 34.2 Å². The molecule has 1 aromatic carbocycles. The summed E-state index contributed by atoms with van der Waals surface area (Å²) in [6.07, 6.45) is 6.76. The van der Waals surface area contributed by atoms with Gasteiger partial charge in [0.15, 0.2) is 17.3 Å². The number of imidazole rings is 1. The summed E-state index contributed by atoms with van der Waals surface area (Å²) < 4.78 is 7.28. The van der Waals surface area contributed by atoms with Gasteiger partial charge in [0, 0.05) is 29.9 Å². The molecule has 164 valence electrons. The Labute approximate surface area is 184 Å². The van der Waals surface area contributed by atoms with Crippen LogP contribution in [-0.2, 0) is 4.79 Å². The molecule has 10 nitrogen and oxygen atoms in total. The van der Waals surface area contributed by atoms with Crippen molar-refractivity contribution < 1.29 is 9.53 Å². The smallest absolute Gasteiger partial charge is 0.227 e. The molecule has 0 unspecified atom stereocenters. The number of rotatable bonds is 5. The van der Waals surface area contributed by atoms with Gasteiger partial charge in [0.25, 0.3) is 0 Å². The number of benzene rings is 1. The molecule has 0 spiro atoms. The lowest BCUT2D eigenvalue weighted by atomic mass is 9.85. The van der Waals surface area contributed by atoms with Crippen molar-refractivity contribution in [2.45, 2.75) is 31.7 Å². The van der Waals surface area contributed by atoms with E-state index in [0.717, 1.165) is 31.4 Å². The minimum Gasteiger partial charge on any atom is -0.497 e. The molecule has 1 saturated carbocycles. The van der Waals surface area contributed by atoms with Gasteiger partial charge < -0.3 is 20.4 Å². The molecule has 3 aromatic heterocycles. The maximum absolute atomic E-state index is 12.8. The van der Waals surface area contributed by atoms with Gasteiger partial charge in [-0.1, -0.05) is 6.07 Å². The van der Waals surface area contributed by atoms with Gasteiger partial charge in [-0.3, -0.25) is 9.89 Å². The molecule has 3 heterocycles. The summed E-state index contributed by atoms with van der Waals surface area (Å²) in [7, 11) is 1.61. The molecule has 10 heteroatoms. The van der Waals surface area contributed by atoms with E-state index < -0.39 is 0 Å². The third kappa shape index (κ3) is 3.75. The highest BCUT2D eigenvalue weighted by molar-refractivity contribution is 5.92. The third-order valence-corrected chi connectivity index (χ3v) is 5.98. The van der Waals surface area contributed by atoms with Gasteiger partial charge in [-0.25, -0.2) is 15.0 Å². The number of amides is 1. The van der Waals surface area contributed by atoms with Crippen molar-refractivity contribution in [3.8, 4) is 17.3 Å². The van der Waals surface area contributed by atoms with Gasteiger partial charge in [0.1, 0.15) is 17.0 Å². The Hall–Kier alpha value is -3.95. The molecule has 0 bridgehead atoms. The SMILES string of the molecule is COc1cccc(NC(=O)C2CCC(n3cnc4c(N)nc(-c5cc[nH]n5)nc43)CC2)c1. The fraction of sp³-hybridized carbons (Fsp3) is 0.318. The minimum absolute atomic E-state index is 0.0356. The lowest BCUT2D eigenvalue weighted by molar-refractivity contribution is -0.120. The summed E-state index contributed by atoms with van der Waals surface area (Å²) in [5.74, 6) is 1.52. The minimum atomic E-state index is -0.0356. The van der Waals surface area contributed by atoms with E-state index in [2.05, 4.69) is 35.0 Å². The van der Waals surface area contributed by atoms with Gasteiger partial charge in [0.05, 0.1) is 13.4 Å². The lowest BCUT2D eigenvalue weighted by Crippen LogP contribution is -2.28. The maximum atomic E-state index is 12.8. The zero-order chi connectivity index (χ0) is 22.1. The van der Waals surface area contributed by atoms with Gasteiger partial charge in [-0.05, 0) is 43.9 Å². The van der Waals surface area contributed by atoms with Crippen LogP contribution in [0.1, 0.15) is 31.7 Å². The first-order valence-electron chi connectivity index (χ1n) is 10.6. The zero-order valence-electron chi connectivity index (χ0n) is 17.7. The van der Waals surface area contributed by atoms with Gasteiger partial charge in [-0.15, -0.1) is 0 Å². The number of carbonyl (C=O) groups is 1. The number of ether oxygens (including phenoxy) is 1. The molecule has 1 amide bonds. The normalized spacial score (nSPS) is 18.5. The topological polar surface area (TPSA) is 137 Å². The fourth-order valence-electron chi connectivity index (χ4n) is 4.27. The van der Waals surface area contributed by atoms with Crippen LogP contribution < -0.4 is 15.8 Å². The van der Waals surface area contributed by atoms with E-state index in [4.69, 9.17) is 10.5 Å². The predicted octanol–water partition coefficient (Wildman–Crippen LogP) is 3.18. The largest absolute Gasteiger partial charge is 0.497 e. The summed E-state index contributed by atoms with van der Waals surface area (Å²) in [5.41, 5.74) is 8.79. The fourth-order valence-corrected chi connectivity index (χ4v) is 4.27. The average Bonchev–Trinajstić information content (AvgIpc) is 3.50. The van der Waals surface area contributed by atoms with Crippen LogP contribution in [0.4, 0.5) is 11.5 Å². The highest BCUT2D eigenvalue weighted by Gasteiger charge is 2.29. The van der Waals surface area contributed by atoms with E-state index >= 15 is 0 Å². The average molecular weight is 432 g/mol. The number of fused-ring (bicyclic) bond motifs is 1. The summed E-state index contributed by atoms with van der Waals surface area (Å²) in [5, 5.41) is 9.93. The van der Waals surface area contributed by atoms with Crippen molar-refractivity contribution in [3.05, 3.63) is 42.9 Å². The summed E-state index contributed by atoms with van der Waals surface area (Å²) in [6, 6.07) is 9.40. The molecule has 4 aromatic rings. The van der Waals surface area contributed by atoms with Crippen molar-refractivity contribution in [1.82, 2.24) is 29.7 Å². The molecule has 0 atom stereocenters. The number of nitrogen functional groups attached to an aromatic ring is 1. The van der Waals surface area contributed by atoms with Crippen LogP contribution in [0.25, 0.3) is 22.7 Å². The quantitative estimate of drug-likeness (QED) is 0.440. The number of methoxy groups -OCH3 is 1. The number of aromatic nitrogens is 6. The molecule has 1 aliphatic rings. The highest BCUT2D eigenvalue weighted by atomic mass is 16.5. The second-order valence-corrected chi connectivity index (χ2v) is 7.94. The van der Waals surface area contributed by atoms with E-state index in [1.807, 2.05) is 24.3 Å². The molecule has 1 aliphatic carbocycles. The van der Waals surface area contributed by atoms with Crippen molar-refractivity contribution in [2.24, 2.45) is 5.92 Å². The molecule has 4 N–H and O–H groups in total. The van der Waals surface area contributed by atoms with Crippen molar-refractivity contribution >= 4 is 28.6 Å². The molecule has 5 rings (SSSR count). The monoisotopic (exact) mass is 432 g/mol. The number of hydrogen-bond acceptors (Lipinski definition) is 7. The number of anilines is 2. The van der Waals surface area contributed by atoms with E-state index in [1.54, 1.807) is 25.7 Å². The predicted molar refractivity (Wildman–Crippen MR) is 120 cm³/mol. The van der Waals surface area contributed by atoms with Crippen molar-refractivity contribution in [1.29, 1.82) is 0 Å². The second kappa shape index (κ2) is 8.29. The van der Waals surface area contributed by atoms with Crippen LogP contribution in [0.3, 0.4) is 0 Å². The Morgan fingerprint density at radius 3 is 2.81 bits per heavy atom. The molecule has 32 heavy (non-hydrogen) atoms. The van der Waals surface area contributed by atoms with Gasteiger partial charge in [-0.2, -0.15) is 5.10 Å². The van der Waals surface area contributed by atoms with Gasteiger partial charge >= 0.3 is 0 Å². The Balaban J connectivity index is 1.30. The molecular formula is C22H24N8O2. The summed E-state index contributed by atoms with van der Waals surface area (Å²) in [6.45, 7) is 0. The number of hydrogen-bond donors (Lipinski definition) is 3. The van der Waals surface area contributed by atoms with Crippen LogP contribution in [-0.4, -0.2) is 42.7 Å². The van der Waals surface area contributed by atoms with E-state index in [9.17, 15) is 4.79 Å². The molecule has 0 saturated heterocycles. The van der Waals surface area contributed by atoms with Crippen molar-refractivity contribution in [3.63, 3.8) is 0 Å². The van der Waals surface area contributed by atoms with Crippen LogP contribution in [0.2, 0.25) is 0 Å². The number of nitrogens with one attached hydrogen (secondary N) is 2. The lowest BCUT2D eigenvalue weighted by Gasteiger charge is -2.28. The number of nitrogens with two attached hydrogens (primary N) is 1. The molecule has 1 fully saturated rings. The zero-order valence-corrected chi connectivity index (χ0v) is 17.7. The van der Waals surface area contributed by atoms with Crippen molar-refractivity contribution in [2.75, 3.05) is 18.2 Å². The highest BCUT2D eigenvalue weighted by Crippen LogP contribution is 2.35.